The Labute approximate surface area is 144 Å². The highest BCUT2D eigenvalue weighted by Crippen LogP contribution is 2.18. The van der Waals surface area contributed by atoms with Crippen LogP contribution in [0.5, 0.6) is 5.75 Å². The summed E-state index contributed by atoms with van der Waals surface area (Å²) in [7, 11) is 0. The molecule has 4 N–H and O–H groups in total. The first-order valence-electron chi connectivity index (χ1n) is 8.25. The van der Waals surface area contributed by atoms with Gasteiger partial charge in [-0.2, -0.15) is 5.10 Å². The molecule has 0 aromatic heterocycles. The molecule has 0 unspecified atom stereocenters. The second-order valence-electron chi connectivity index (χ2n) is 5.54. The van der Waals surface area contributed by atoms with Crippen LogP contribution in [0.1, 0.15) is 45.2 Å². The van der Waals surface area contributed by atoms with E-state index in [2.05, 4.69) is 36.6 Å². The number of aromatic hydroxyl groups is 1. The summed E-state index contributed by atoms with van der Waals surface area (Å²) < 4.78 is 0. The van der Waals surface area contributed by atoms with E-state index in [1.165, 1.54) is 4.90 Å². The van der Waals surface area contributed by atoms with Crippen molar-refractivity contribution in [1.82, 2.24) is 10.7 Å². The molecule has 0 radical (unpaired) electrons. The van der Waals surface area contributed by atoms with Gasteiger partial charge in [0.25, 0.3) is 0 Å². The Kier molecular flexibility index (Phi) is 8.58. The zero-order valence-corrected chi connectivity index (χ0v) is 15.4. The van der Waals surface area contributed by atoms with Gasteiger partial charge in [-0.3, -0.25) is 5.43 Å². The van der Waals surface area contributed by atoms with Gasteiger partial charge in [0.05, 0.1) is 18.8 Å². The maximum Gasteiger partial charge on any atom is 0.186 e. The van der Waals surface area contributed by atoms with Gasteiger partial charge in [0.1, 0.15) is 12.3 Å². The van der Waals surface area contributed by atoms with Crippen LogP contribution in [0, 0.1) is 0 Å². The number of hydrogen-bond acceptors (Lipinski definition) is 3. The monoisotopic (exact) mass is 337 g/mol. The van der Waals surface area contributed by atoms with E-state index in [4.69, 9.17) is 12.2 Å². The van der Waals surface area contributed by atoms with Gasteiger partial charge in [-0.15, -0.1) is 0 Å². The molecule has 128 valence electrons. The van der Waals surface area contributed by atoms with Gasteiger partial charge >= 0.3 is 0 Å². The lowest BCUT2D eigenvalue weighted by atomic mass is 10.1. The Morgan fingerprint density at radius 3 is 2.57 bits per heavy atom. The third-order valence-electron chi connectivity index (χ3n) is 3.80. The van der Waals surface area contributed by atoms with Gasteiger partial charge in [0.15, 0.2) is 5.11 Å². The van der Waals surface area contributed by atoms with E-state index in [0.717, 1.165) is 49.4 Å². The summed E-state index contributed by atoms with van der Waals surface area (Å²) in [5.41, 5.74) is 5.62. The van der Waals surface area contributed by atoms with Crippen LogP contribution in [0.2, 0.25) is 0 Å². The van der Waals surface area contributed by atoms with Crippen molar-refractivity contribution in [2.75, 3.05) is 19.6 Å². The Balaban J connectivity index is 2.81. The summed E-state index contributed by atoms with van der Waals surface area (Å²) in [4.78, 5) is 1.43. The fourth-order valence-corrected chi connectivity index (χ4v) is 2.35. The van der Waals surface area contributed by atoms with Gasteiger partial charge in [0.2, 0.25) is 0 Å². The van der Waals surface area contributed by atoms with Gasteiger partial charge in [-0.05, 0) is 63.2 Å². The molecule has 0 heterocycles. The maximum atomic E-state index is 10.1. The standard InChI is InChI=1S/C17H28N4OS/c1-5-10-18-17(23)20-19-13(4)14-8-9-16(22)15(11-14)12-21(6-2)7-3/h8-9,11,22H,5-7,10,12H2,1-4H3,(H2,18,20,23)/p+1/b19-13+. The van der Waals surface area contributed by atoms with Crippen LogP contribution in [0.4, 0.5) is 0 Å². The number of nitrogens with one attached hydrogen (secondary N) is 3. The molecule has 0 spiro atoms. The molecule has 0 aliphatic heterocycles. The first-order chi connectivity index (χ1) is 11.0. The Bertz CT molecular complexity index is 541. The number of nitrogens with zero attached hydrogens (tertiary/aromatic N) is 1. The number of phenols is 1. The Hall–Kier alpha value is -1.66. The highest BCUT2D eigenvalue weighted by Gasteiger charge is 2.11. The Morgan fingerprint density at radius 2 is 1.96 bits per heavy atom. The quantitative estimate of drug-likeness (QED) is 0.329. The SMILES string of the molecule is CCCNC(=S)N/N=C(\C)c1ccc(O)c(C[NH+](CC)CC)c1. The van der Waals surface area contributed by atoms with Gasteiger partial charge in [-0.25, -0.2) is 0 Å². The van der Waals surface area contributed by atoms with Crippen LogP contribution in [0.15, 0.2) is 23.3 Å². The number of phenolic OH excluding ortho intramolecular Hbond substituents is 1. The van der Waals surface area contributed by atoms with Gasteiger partial charge in [0, 0.05) is 12.1 Å². The van der Waals surface area contributed by atoms with Crippen molar-refractivity contribution >= 4 is 23.0 Å². The predicted octanol–water partition coefficient (Wildman–Crippen LogP) is 1.41. The van der Waals surface area contributed by atoms with Gasteiger partial charge in [-0.1, -0.05) is 6.92 Å². The molecular formula is C17H29N4OS+. The van der Waals surface area contributed by atoms with Crippen LogP contribution in [-0.2, 0) is 6.54 Å². The van der Waals surface area contributed by atoms with E-state index in [1.54, 1.807) is 6.07 Å². The van der Waals surface area contributed by atoms with E-state index in [1.807, 2.05) is 19.1 Å². The molecule has 23 heavy (non-hydrogen) atoms. The lowest BCUT2D eigenvalue weighted by Crippen LogP contribution is -3.10. The number of quaternary nitrogens is 1. The van der Waals surface area contributed by atoms with Crippen LogP contribution in [0.25, 0.3) is 0 Å². The second-order valence-corrected chi connectivity index (χ2v) is 5.95. The molecule has 0 aliphatic rings. The molecule has 0 fully saturated rings. The second kappa shape index (κ2) is 10.2. The lowest BCUT2D eigenvalue weighted by Gasteiger charge is -2.16. The smallest absolute Gasteiger partial charge is 0.186 e. The third kappa shape index (κ3) is 6.54. The fourth-order valence-electron chi connectivity index (χ4n) is 2.20. The number of hydrazone groups is 1. The topological polar surface area (TPSA) is 61.1 Å². The molecule has 0 saturated heterocycles. The van der Waals surface area contributed by atoms with Crippen molar-refractivity contribution in [3.05, 3.63) is 29.3 Å². The van der Waals surface area contributed by atoms with Crippen LogP contribution < -0.4 is 15.6 Å². The minimum atomic E-state index is 0.342. The first kappa shape index (κ1) is 19.4. The van der Waals surface area contributed by atoms with Gasteiger partial charge < -0.3 is 15.3 Å². The number of benzene rings is 1. The fraction of sp³-hybridized carbons (Fsp3) is 0.529. The van der Waals surface area contributed by atoms with Crippen molar-refractivity contribution in [2.24, 2.45) is 5.10 Å². The van der Waals surface area contributed by atoms with E-state index in [9.17, 15) is 5.11 Å². The largest absolute Gasteiger partial charge is 0.507 e. The highest BCUT2D eigenvalue weighted by atomic mass is 32.1. The van der Waals surface area contributed by atoms with Crippen molar-refractivity contribution < 1.29 is 10.0 Å². The minimum Gasteiger partial charge on any atom is -0.507 e. The number of hydrogen-bond donors (Lipinski definition) is 4. The minimum absolute atomic E-state index is 0.342. The highest BCUT2D eigenvalue weighted by molar-refractivity contribution is 7.80. The van der Waals surface area contributed by atoms with Crippen molar-refractivity contribution in [1.29, 1.82) is 0 Å². The predicted molar refractivity (Wildman–Crippen MR) is 100 cm³/mol. The summed E-state index contributed by atoms with van der Waals surface area (Å²) in [5.74, 6) is 0.342. The van der Waals surface area contributed by atoms with E-state index in [0.29, 0.717) is 10.9 Å². The van der Waals surface area contributed by atoms with Crippen molar-refractivity contribution in [2.45, 2.75) is 40.7 Å². The molecule has 1 aromatic rings. The van der Waals surface area contributed by atoms with Crippen molar-refractivity contribution in [3.8, 4) is 5.75 Å². The molecule has 0 atom stereocenters. The zero-order chi connectivity index (χ0) is 17.2. The molecule has 0 amide bonds. The third-order valence-corrected chi connectivity index (χ3v) is 4.03. The summed E-state index contributed by atoms with van der Waals surface area (Å²) in [6, 6.07) is 5.61. The average molecular weight is 338 g/mol. The van der Waals surface area contributed by atoms with E-state index in [-0.39, 0.29) is 0 Å². The molecule has 6 heteroatoms. The summed E-state index contributed by atoms with van der Waals surface area (Å²) in [6.45, 7) is 12.0. The molecule has 0 bridgehead atoms. The summed E-state index contributed by atoms with van der Waals surface area (Å²) in [6.07, 6.45) is 1.01. The molecule has 0 aliphatic carbocycles. The van der Waals surface area contributed by atoms with Crippen molar-refractivity contribution in [3.63, 3.8) is 0 Å². The number of thiocarbonyl (C=S) groups is 1. The molecule has 0 saturated carbocycles. The molecule has 1 rings (SSSR count). The number of rotatable bonds is 8. The van der Waals surface area contributed by atoms with E-state index < -0.39 is 0 Å². The van der Waals surface area contributed by atoms with Crippen LogP contribution in [-0.4, -0.2) is 35.6 Å². The summed E-state index contributed by atoms with van der Waals surface area (Å²) in [5, 5.41) is 18.0. The average Bonchev–Trinajstić information content (AvgIpc) is 2.56. The van der Waals surface area contributed by atoms with Crippen LogP contribution in [0.3, 0.4) is 0 Å². The molecular weight excluding hydrogens is 308 g/mol. The summed E-state index contributed by atoms with van der Waals surface area (Å²) >= 11 is 5.15. The Morgan fingerprint density at radius 1 is 1.26 bits per heavy atom. The van der Waals surface area contributed by atoms with Crippen LogP contribution >= 0.6 is 12.2 Å². The lowest BCUT2D eigenvalue weighted by molar-refractivity contribution is -0.910. The molecule has 1 aromatic carbocycles. The first-order valence-corrected chi connectivity index (χ1v) is 8.66. The zero-order valence-electron chi connectivity index (χ0n) is 14.6. The maximum absolute atomic E-state index is 10.1. The molecule has 5 nitrogen and oxygen atoms in total. The normalized spacial score (nSPS) is 11.6. The van der Waals surface area contributed by atoms with E-state index >= 15 is 0 Å².